The molecule has 0 radical (unpaired) electrons. The van der Waals surface area contributed by atoms with E-state index in [1.165, 1.54) is 0 Å². The lowest BCUT2D eigenvalue weighted by molar-refractivity contribution is 0.489. The maximum absolute atomic E-state index is 7.72. The molecule has 0 aliphatic heterocycles. The first-order chi connectivity index (χ1) is 7.93. The van der Waals surface area contributed by atoms with Crippen LogP contribution in [0.1, 0.15) is 48.0 Å². The molecular formula is C14H25N3. The summed E-state index contributed by atoms with van der Waals surface area (Å²) in [6, 6.07) is 0. The molecular weight excluding hydrogens is 210 g/mol. The van der Waals surface area contributed by atoms with E-state index in [1.807, 2.05) is 20.1 Å². The Bertz CT molecular complexity index is 335. The van der Waals surface area contributed by atoms with E-state index in [0.717, 1.165) is 12.1 Å². The Morgan fingerprint density at radius 3 is 2.18 bits per heavy atom. The van der Waals surface area contributed by atoms with Crippen molar-refractivity contribution in [2.75, 3.05) is 0 Å². The molecule has 0 aliphatic carbocycles. The first-order valence-corrected chi connectivity index (χ1v) is 6.23. The first-order valence-electron chi connectivity index (χ1n) is 6.23. The predicted molar refractivity (Wildman–Crippen MR) is 77.4 cm³/mol. The molecule has 0 rings (SSSR count). The van der Waals surface area contributed by atoms with Gasteiger partial charge in [-0.25, -0.2) is 0 Å². The molecule has 0 spiro atoms. The fourth-order valence-electron chi connectivity index (χ4n) is 1.64. The van der Waals surface area contributed by atoms with Gasteiger partial charge in [-0.3, -0.25) is 9.98 Å². The second kappa shape index (κ2) is 7.93. The van der Waals surface area contributed by atoms with Crippen LogP contribution in [0.5, 0.6) is 0 Å². The monoisotopic (exact) mass is 235 g/mol. The van der Waals surface area contributed by atoms with Gasteiger partial charge in [-0.2, -0.15) is 0 Å². The van der Waals surface area contributed by atoms with Gasteiger partial charge in [-0.1, -0.05) is 20.8 Å². The topological polar surface area (TPSA) is 48.6 Å². The van der Waals surface area contributed by atoms with Crippen molar-refractivity contribution in [1.82, 2.24) is 0 Å². The molecule has 0 fully saturated rings. The van der Waals surface area contributed by atoms with Gasteiger partial charge < -0.3 is 5.41 Å². The third-order valence-electron chi connectivity index (χ3n) is 2.74. The molecule has 0 aromatic rings. The van der Waals surface area contributed by atoms with Crippen molar-refractivity contribution in [3.8, 4) is 0 Å². The zero-order valence-corrected chi connectivity index (χ0v) is 11.9. The Labute approximate surface area is 105 Å². The second-order valence-electron chi connectivity index (χ2n) is 4.54. The lowest BCUT2D eigenvalue weighted by atomic mass is 9.95. The van der Waals surface area contributed by atoms with E-state index in [2.05, 4.69) is 30.8 Å². The lowest BCUT2D eigenvalue weighted by Gasteiger charge is -2.13. The summed E-state index contributed by atoms with van der Waals surface area (Å²) in [5.74, 6) is 1.04. The number of hydrogen-bond donors (Lipinski definition) is 1. The SMILES string of the molecule is C\C=N/C(C)=C(/N=C\C(CC)C(C)C)C(C)=N. The fourth-order valence-corrected chi connectivity index (χ4v) is 1.64. The van der Waals surface area contributed by atoms with Crippen LogP contribution in [0.4, 0.5) is 0 Å². The van der Waals surface area contributed by atoms with E-state index in [0.29, 0.717) is 23.2 Å². The van der Waals surface area contributed by atoms with Crippen molar-refractivity contribution in [2.24, 2.45) is 21.8 Å². The largest absolute Gasteiger partial charge is 0.303 e. The van der Waals surface area contributed by atoms with Crippen LogP contribution in [-0.2, 0) is 0 Å². The average molecular weight is 235 g/mol. The van der Waals surface area contributed by atoms with Crippen LogP contribution in [0.15, 0.2) is 21.4 Å². The molecule has 17 heavy (non-hydrogen) atoms. The average Bonchev–Trinajstić information content (AvgIpc) is 2.23. The smallest absolute Gasteiger partial charge is 0.104 e. The molecule has 0 bridgehead atoms. The van der Waals surface area contributed by atoms with Gasteiger partial charge in [0.1, 0.15) is 5.70 Å². The number of aliphatic imine (C=N–C) groups is 2. The Kier molecular flexibility index (Phi) is 7.35. The molecule has 0 aromatic carbocycles. The zero-order valence-electron chi connectivity index (χ0n) is 11.9. The molecule has 1 unspecified atom stereocenters. The van der Waals surface area contributed by atoms with E-state index in [9.17, 15) is 0 Å². The highest BCUT2D eigenvalue weighted by Gasteiger charge is 2.09. The quantitative estimate of drug-likeness (QED) is 0.674. The number of rotatable bonds is 6. The van der Waals surface area contributed by atoms with Crippen LogP contribution < -0.4 is 0 Å². The summed E-state index contributed by atoms with van der Waals surface area (Å²) < 4.78 is 0. The Morgan fingerprint density at radius 2 is 1.82 bits per heavy atom. The van der Waals surface area contributed by atoms with Gasteiger partial charge in [0.15, 0.2) is 0 Å². The molecule has 0 aliphatic rings. The number of nitrogens with zero attached hydrogens (tertiary/aromatic N) is 2. The molecule has 0 aromatic heterocycles. The Balaban J connectivity index is 5.08. The normalized spacial score (nSPS) is 15.7. The number of allylic oxidation sites excluding steroid dienone is 2. The molecule has 1 atom stereocenters. The van der Waals surface area contributed by atoms with Gasteiger partial charge in [-0.15, -0.1) is 0 Å². The molecule has 0 amide bonds. The molecule has 0 saturated heterocycles. The molecule has 3 nitrogen and oxygen atoms in total. The molecule has 96 valence electrons. The number of nitrogens with one attached hydrogen (secondary N) is 1. The summed E-state index contributed by atoms with van der Waals surface area (Å²) in [5.41, 5.74) is 1.94. The summed E-state index contributed by atoms with van der Waals surface area (Å²) in [6.45, 7) is 12.1. The maximum atomic E-state index is 7.72. The standard InChI is InChI=1S/C14H25N3/c1-7-13(10(3)4)9-17-14(11(5)15)12(6)16-8-2/h8-10,13,15H,7H2,1-6H3/b14-12+,15-11?,16-8-,17-9-. The van der Waals surface area contributed by atoms with Gasteiger partial charge in [0.25, 0.3) is 0 Å². The van der Waals surface area contributed by atoms with Crippen molar-refractivity contribution < 1.29 is 0 Å². The van der Waals surface area contributed by atoms with E-state index in [-0.39, 0.29) is 0 Å². The Hall–Kier alpha value is -1.25. The van der Waals surface area contributed by atoms with Crippen molar-refractivity contribution in [2.45, 2.75) is 48.0 Å². The van der Waals surface area contributed by atoms with Gasteiger partial charge in [-0.05, 0) is 39.0 Å². The summed E-state index contributed by atoms with van der Waals surface area (Å²) in [4.78, 5) is 8.65. The van der Waals surface area contributed by atoms with Crippen LogP contribution in [0, 0.1) is 17.2 Å². The summed E-state index contributed by atoms with van der Waals surface area (Å²) >= 11 is 0. The fraction of sp³-hybridized carbons (Fsp3) is 0.643. The lowest BCUT2D eigenvalue weighted by Crippen LogP contribution is -2.09. The van der Waals surface area contributed by atoms with E-state index in [4.69, 9.17) is 5.41 Å². The van der Waals surface area contributed by atoms with Crippen molar-refractivity contribution >= 4 is 18.1 Å². The third kappa shape index (κ3) is 5.57. The van der Waals surface area contributed by atoms with Crippen LogP contribution in [-0.4, -0.2) is 18.1 Å². The van der Waals surface area contributed by atoms with Gasteiger partial charge in [0.2, 0.25) is 0 Å². The highest BCUT2D eigenvalue weighted by atomic mass is 14.8. The minimum absolute atomic E-state index is 0.461. The second-order valence-corrected chi connectivity index (χ2v) is 4.54. The maximum Gasteiger partial charge on any atom is 0.104 e. The first kappa shape index (κ1) is 15.8. The van der Waals surface area contributed by atoms with Crippen LogP contribution in [0.25, 0.3) is 0 Å². The van der Waals surface area contributed by atoms with Crippen molar-refractivity contribution in [1.29, 1.82) is 5.41 Å². The minimum atomic E-state index is 0.461. The zero-order chi connectivity index (χ0) is 13.4. The molecule has 0 saturated carbocycles. The van der Waals surface area contributed by atoms with E-state index in [1.54, 1.807) is 13.1 Å². The van der Waals surface area contributed by atoms with Crippen molar-refractivity contribution in [3.63, 3.8) is 0 Å². The van der Waals surface area contributed by atoms with Gasteiger partial charge >= 0.3 is 0 Å². The highest BCUT2D eigenvalue weighted by molar-refractivity contribution is 5.97. The highest BCUT2D eigenvalue weighted by Crippen LogP contribution is 2.15. The molecule has 3 heteroatoms. The molecule has 0 heterocycles. The van der Waals surface area contributed by atoms with Crippen LogP contribution >= 0.6 is 0 Å². The number of hydrogen-bond acceptors (Lipinski definition) is 3. The minimum Gasteiger partial charge on any atom is -0.303 e. The van der Waals surface area contributed by atoms with Gasteiger partial charge in [0, 0.05) is 12.4 Å². The van der Waals surface area contributed by atoms with Crippen LogP contribution in [0.2, 0.25) is 0 Å². The summed E-state index contributed by atoms with van der Waals surface area (Å²) in [6.07, 6.45) is 4.77. The van der Waals surface area contributed by atoms with Crippen molar-refractivity contribution in [3.05, 3.63) is 11.4 Å². The summed E-state index contributed by atoms with van der Waals surface area (Å²) in [5, 5.41) is 7.72. The van der Waals surface area contributed by atoms with E-state index >= 15 is 0 Å². The third-order valence-corrected chi connectivity index (χ3v) is 2.74. The Morgan fingerprint density at radius 1 is 1.24 bits per heavy atom. The van der Waals surface area contributed by atoms with E-state index < -0.39 is 0 Å². The van der Waals surface area contributed by atoms with Crippen LogP contribution in [0.3, 0.4) is 0 Å². The summed E-state index contributed by atoms with van der Waals surface area (Å²) in [7, 11) is 0. The molecule has 1 N–H and O–H groups in total. The predicted octanol–water partition coefficient (Wildman–Crippen LogP) is 4.10. The van der Waals surface area contributed by atoms with Gasteiger partial charge in [0.05, 0.1) is 11.4 Å².